The molecule has 0 spiro atoms. The fourth-order valence-electron chi connectivity index (χ4n) is 2.47. The van der Waals surface area contributed by atoms with Crippen LogP contribution in [0.25, 0.3) is 0 Å². The number of hydrogen-bond donors (Lipinski definition) is 4. The van der Waals surface area contributed by atoms with Gasteiger partial charge in [-0.15, -0.1) is 0 Å². The number of aliphatic hydroxyl groups is 3. The average molecular weight is 401 g/mol. The second-order valence-electron chi connectivity index (χ2n) is 5.94. The summed E-state index contributed by atoms with van der Waals surface area (Å²) >= 11 is 0. The van der Waals surface area contributed by atoms with E-state index >= 15 is 0 Å². The summed E-state index contributed by atoms with van der Waals surface area (Å²) in [5.41, 5.74) is -2.06. The molecule has 150 valence electrons. The highest BCUT2D eigenvalue weighted by atomic mass is 31.2. The van der Waals surface area contributed by atoms with Crippen LogP contribution in [-0.2, 0) is 30.3 Å². The van der Waals surface area contributed by atoms with Crippen LogP contribution < -0.4 is 5.09 Å². The zero-order valence-corrected chi connectivity index (χ0v) is 16.0. The van der Waals surface area contributed by atoms with E-state index < -0.39 is 55.6 Å². The Morgan fingerprint density at radius 2 is 1.70 bits per heavy atom. The zero-order chi connectivity index (χ0) is 20.6. The third-order valence-electron chi connectivity index (χ3n) is 3.87. The predicted molar refractivity (Wildman–Crippen MR) is 96.1 cm³/mol. The smallest absolute Gasteiger partial charge is 0.326 e. The zero-order valence-electron chi connectivity index (χ0n) is 15.1. The minimum absolute atomic E-state index is 0.113. The maximum absolute atomic E-state index is 13.1. The monoisotopic (exact) mass is 401 g/mol. The van der Waals surface area contributed by atoms with Gasteiger partial charge in [0.2, 0.25) is 12.8 Å². The van der Waals surface area contributed by atoms with Crippen LogP contribution in [0, 0.1) is 0 Å². The lowest BCUT2D eigenvalue weighted by Gasteiger charge is -2.29. The first-order valence-electron chi connectivity index (χ1n) is 8.16. The molecule has 0 fully saturated rings. The topological polar surface area (TPSA) is 150 Å². The van der Waals surface area contributed by atoms with Crippen molar-refractivity contribution < 1.29 is 39.0 Å². The highest BCUT2D eigenvalue weighted by molar-refractivity contribution is 7.80. The third-order valence-corrected chi connectivity index (χ3v) is 6.99. The van der Waals surface area contributed by atoms with Crippen molar-refractivity contribution >= 4 is 24.6 Å². The molecular weight excluding hydrogens is 377 g/mol. The Kier molecular flexibility index (Phi) is 8.95. The van der Waals surface area contributed by atoms with Gasteiger partial charge in [0.15, 0.2) is 0 Å². The number of ketones is 1. The molecule has 10 heteroatoms. The van der Waals surface area contributed by atoms with Gasteiger partial charge in [0, 0.05) is 6.92 Å². The number of Topliss-reactive ketones (excluding diaryl/α,β-unsaturated/α-hetero) is 1. The number of benzene rings is 1. The van der Waals surface area contributed by atoms with Gasteiger partial charge in [0.1, 0.15) is 24.1 Å². The van der Waals surface area contributed by atoms with Crippen molar-refractivity contribution in [2.45, 2.75) is 38.3 Å². The molecule has 0 aliphatic rings. The van der Waals surface area contributed by atoms with Crippen molar-refractivity contribution in [2.24, 2.45) is 0 Å². The predicted octanol–water partition coefficient (Wildman–Crippen LogP) is -0.184. The van der Waals surface area contributed by atoms with E-state index in [0.717, 1.165) is 13.8 Å². The van der Waals surface area contributed by atoms with E-state index in [1.54, 1.807) is 30.3 Å². The van der Waals surface area contributed by atoms with Gasteiger partial charge in [0.25, 0.3) is 0 Å². The second-order valence-corrected chi connectivity index (χ2v) is 8.70. The van der Waals surface area contributed by atoms with Gasteiger partial charge >= 0.3 is 5.97 Å². The molecule has 0 bridgehead atoms. The quantitative estimate of drug-likeness (QED) is 0.292. The minimum atomic E-state index is -4.36. The van der Waals surface area contributed by atoms with Crippen LogP contribution in [0.1, 0.15) is 19.4 Å². The highest BCUT2D eigenvalue weighted by Gasteiger charge is 2.47. The molecule has 4 N–H and O–H groups in total. The molecule has 0 aliphatic heterocycles. The van der Waals surface area contributed by atoms with Gasteiger partial charge in [0.05, 0.1) is 19.3 Å². The average Bonchev–Trinajstić information content (AvgIpc) is 2.64. The number of rotatable bonds is 11. The van der Waals surface area contributed by atoms with Crippen molar-refractivity contribution in [1.29, 1.82) is 0 Å². The molecule has 0 radical (unpaired) electrons. The summed E-state index contributed by atoms with van der Waals surface area (Å²) in [7, 11) is -4.36. The maximum Gasteiger partial charge on any atom is 0.326 e. The Hall–Kier alpha value is -1.90. The van der Waals surface area contributed by atoms with Crippen LogP contribution in [0.3, 0.4) is 0 Å². The summed E-state index contributed by atoms with van der Waals surface area (Å²) < 4.78 is 18.2. The van der Waals surface area contributed by atoms with Crippen LogP contribution in [0.4, 0.5) is 0 Å². The molecular formula is C17H24NO8P. The Labute approximate surface area is 156 Å². The summed E-state index contributed by atoms with van der Waals surface area (Å²) in [6.45, 7) is 0.0495. The SMILES string of the molecule is CC(=O)C(C(O)CO)P(=O)(N[C@@H](CO)C(=O)OCc1ccccc1)C(C)=O. The minimum Gasteiger partial charge on any atom is -0.460 e. The first-order chi connectivity index (χ1) is 12.7. The number of carbonyl (C=O) groups is 3. The molecule has 4 atom stereocenters. The molecule has 27 heavy (non-hydrogen) atoms. The number of esters is 1. The van der Waals surface area contributed by atoms with Crippen LogP contribution in [-0.4, -0.2) is 63.6 Å². The molecule has 1 aromatic rings. The summed E-state index contributed by atoms with van der Waals surface area (Å²) in [6, 6.07) is 7.11. The van der Waals surface area contributed by atoms with Crippen LogP contribution in [0.2, 0.25) is 0 Å². The lowest BCUT2D eigenvalue weighted by molar-refractivity contribution is -0.148. The molecule has 0 aliphatic carbocycles. The van der Waals surface area contributed by atoms with E-state index in [-0.39, 0.29) is 6.61 Å². The van der Waals surface area contributed by atoms with Crippen molar-refractivity contribution in [3.63, 3.8) is 0 Å². The Morgan fingerprint density at radius 1 is 1.11 bits per heavy atom. The molecule has 0 amide bonds. The van der Waals surface area contributed by atoms with E-state index in [0.29, 0.717) is 5.56 Å². The van der Waals surface area contributed by atoms with Crippen molar-refractivity contribution in [2.75, 3.05) is 13.2 Å². The first-order valence-corrected chi connectivity index (χ1v) is 9.94. The highest BCUT2D eigenvalue weighted by Crippen LogP contribution is 2.49. The number of hydrogen-bond acceptors (Lipinski definition) is 8. The molecule has 0 heterocycles. The fraction of sp³-hybridized carbons (Fsp3) is 0.471. The van der Waals surface area contributed by atoms with E-state index in [1.165, 1.54) is 0 Å². The number of ether oxygens (including phenoxy) is 1. The fourth-order valence-corrected chi connectivity index (χ4v) is 4.94. The van der Waals surface area contributed by atoms with E-state index in [2.05, 4.69) is 5.09 Å². The van der Waals surface area contributed by atoms with Crippen molar-refractivity contribution in [3.8, 4) is 0 Å². The lowest BCUT2D eigenvalue weighted by atomic mass is 10.2. The second kappa shape index (κ2) is 10.4. The van der Waals surface area contributed by atoms with E-state index in [9.17, 15) is 29.2 Å². The Bertz CT molecular complexity index is 708. The van der Waals surface area contributed by atoms with Gasteiger partial charge in [-0.1, -0.05) is 30.3 Å². The molecule has 0 saturated carbocycles. The number of nitrogens with one attached hydrogen (secondary N) is 1. The van der Waals surface area contributed by atoms with Crippen molar-refractivity contribution in [1.82, 2.24) is 5.09 Å². The lowest BCUT2D eigenvalue weighted by Crippen LogP contribution is -2.47. The van der Waals surface area contributed by atoms with Gasteiger partial charge < -0.3 is 20.1 Å². The molecule has 0 saturated heterocycles. The van der Waals surface area contributed by atoms with Crippen molar-refractivity contribution in [3.05, 3.63) is 35.9 Å². The largest absolute Gasteiger partial charge is 0.460 e. The van der Waals surface area contributed by atoms with Crippen LogP contribution in [0.5, 0.6) is 0 Å². The Morgan fingerprint density at radius 3 is 2.15 bits per heavy atom. The summed E-state index contributed by atoms with van der Waals surface area (Å²) in [5, 5.41) is 30.6. The molecule has 1 aromatic carbocycles. The summed E-state index contributed by atoms with van der Waals surface area (Å²) in [5.74, 6) is -1.79. The molecule has 3 unspecified atom stereocenters. The van der Waals surface area contributed by atoms with Crippen LogP contribution in [0.15, 0.2) is 30.3 Å². The Balaban J connectivity index is 3.00. The van der Waals surface area contributed by atoms with Crippen LogP contribution >= 0.6 is 7.29 Å². The van der Waals surface area contributed by atoms with E-state index in [4.69, 9.17) is 9.84 Å². The molecule has 0 aromatic heterocycles. The summed E-state index contributed by atoms with van der Waals surface area (Å²) in [4.78, 5) is 36.0. The van der Waals surface area contributed by atoms with Gasteiger partial charge in [-0.25, -0.2) is 5.09 Å². The first kappa shape index (κ1) is 23.1. The third kappa shape index (κ3) is 6.05. The molecule has 1 rings (SSSR count). The summed E-state index contributed by atoms with van der Waals surface area (Å²) in [6.07, 6.45) is -1.77. The maximum atomic E-state index is 13.1. The van der Waals surface area contributed by atoms with Gasteiger partial charge in [-0.2, -0.15) is 0 Å². The van der Waals surface area contributed by atoms with Gasteiger partial charge in [-0.3, -0.25) is 18.9 Å². The number of aliphatic hydroxyl groups excluding tert-OH is 3. The standard InChI is InChI=1S/C17H24NO8P/c1-11(21)16(15(23)9-20)27(25,12(2)22)18-14(8-19)17(24)26-10-13-6-4-3-5-7-13/h3-7,14-16,19-20,23H,8-10H2,1-2H3,(H,18,25)/t14-,15?,16?,27?/m0/s1. The van der Waals surface area contributed by atoms with E-state index in [1.807, 2.05) is 0 Å². The normalized spacial score (nSPS) is 16.6. The number of carbonyl (C=O) groups excluding carboxylic acids is 3. The van der Waals surface area contributed by atoms with Gasteiger partial charge in [-0.05, 0) is 12.5 Å². The molecule has 9 nitrogen and oxygen atoms in total.